The number of nitrogens with two attached hydrogens (primary N) is 1. The van der Waals surface area contributed by atoms with Gasteiger partial charge in [-0.1, -0.05) is 0 Å². The molecule has 0 aromatic rings. The van der Waals surface area contributed by atoms with Gasteiger partial charge < -0.3 is 47.2 Å². The van der Waals surface area contributed by atoms with Crippen molar-refractivity contribution < 1.29 is 59.1 Å². The van der Waals surface area contributed by atoms with E-state index in [4.69, 9.17) is 26.2 Å². The van der Waals surface area contributed by atoms with Crippen LogP contribution < -0.4 is 21.7 Å². The fourth-order valence-electron chi connectivity index (χ4n) is 2.49. The van der Waals surface area contributed by atoms with E-state index in [0.29, 0.717) is 0 Å². The minimum absolute atomic E-state index is 0.275. The monoisotopic (exact) mass is 492 g/mol. The molecule has 0 aliphatic carbocycles. The Morgan fingerprint density at radius 1 is 0.588 bits per heavy atom. The molecule has 0 fully saturated rings. The number of amides is 3. The molecule has 0 aromatic carbocycles. The van der Waals surface area contributed by atoms with Crippen molar-refractivity contribution in [2.75, 3.05) is 6.61 Å². The Balaban J connectivity index is 5.29. The first kappa shape index (κ1) is 30.2. The summed E-state index contributed by atoms with van der Waals surface area (Å²) in [6.07, 6.45) is -2.82. The molecule has 0 saturated carbocycles. The molecule has 10 N–H and O–H groups in total. The third kappa shape index (κ3) is 12.3. The van der Waals surface area contributed by atoms with E-state index in [0.717, 1.165) is 0 Å². The van der Waals surface area contributed by atoms with Crippen LogP contribution in [0.2, 0.25) is 0 Å². The highest BCUT2D eigenvalue weighted by Gasteiger charge is 2.30. The lowest BCUT2D eigenvalue weighted by Gasteiger charge is -2.24. The van der Waals surface area contributed by atoms with Gasteiger partial charge in [0.05, 0.1) is 12.6 Å². The van der Waals surface area contributed by atoms with Crippen LogP contribution in [0.1, 0.15) is 38.5 Å². The second-order valence-corrected chi connectivity index (χ2v) is 7.11. The molecule has 0 aliphatic heterocycles. The molecular formula is C18H28N4O12. The van der Waals surface area contributed by atoms with Crippen LogP contribution in [0.25, 0.3) is 0 Å². The Kier molecular flexibility index (Phi) is 13.4. The average Bonchev–Trinajstić information content (AvgIpc) is 2.74. The molecule has 34 heavy (non-hydrogen) atoms. The highest BCUT2D eigenvalue weighted by atomic mass is 16.4. The van der Waals surface area contributed by atoms with Gasteiger partial charge in [0.25, 0.3) is 0 Å². The lowest BCUT2D eigenvalue weighted by atomic mass is 10.1. The maximum Gasteiger partial charge on any atom is 0.326 e. The zero-order chi connectivity index (χ0) is 26.4. The number of rotatable bonds is 17. The summed E-state index contributed by atoms with van der Waals surface area (Å²) in [6.45, 7) is -1.01. The number of aliphatic hydroxyl groups excluding tert-OH is 1. The summed E-state index contributed by atoms with van der Waals surface area (Å²) in [7, 11) is 0. The Morgan fingerprint density at radius 2 is 0.971 bits per heavy atom. The third-order valence-electron chi connectivity index (χ3n) is 4.36. The van der Waals surface area contributed by atoms with E-state index < -0.39 is 104 Å². The van der Waals surface area contributed by atoms with Crippen molar-refractivity contribution in [1.82, 2.24) is 16.0 Å². The van der Waals surface area contributed by atoms with Gasteiger partial charge in [-0.05, 0) is 19.3 Å². The smallest absolute Gasteiger partial charge is 0.326 e. The number of aliphatic carboxylic acids is 4. The lowest BCUT2D eigenvalue weighted by molar-refractivity contribution is -0.144. The fraction of sp³-hybridized carbons (Fsp3) is 0.611. The first-order chi connectivity index (χ1) is 15.8. The van der Waals surface area contributed by atoms with Crippen LogP contribution in [-0.2, 0) is 33.6 Å². The van der Waals surface area contributed by atoms with E-state index in [2.05, 4.69) is 5.32 Å². The molecular weight excluding hydrogens is 464 g/mol. The Hall–Kier alpha value is -3.79. The Morgan fingerprint density at radius 3 is 1.41 bits per heavy atom. The fourth-order valence-corrected chi connectivity index (χ4v) is 2.49. The molecule has 0 rings (SSSR count). The van der Waals surface area contributed by atoms with E-state index >= 15 is 0 Å². The van der Waals surface area contributed by atoms with Gasteiger partial charge in [-0.15, -0.1) is 0 Å². The van der Waals surface area contributed by atoms with Gasteiger partial charge in [-0.2, -0.15) is 0 Å². The van der Waals surface area contributed by atoms with Crippen molar-refractivity contribution in [3.63, 3.8) is 0 Å². The minimum Gasteiger partial charge on any atom is -0.481 e. The van der Waals surface area contributed by atoms with Crippen LogP contribution in [0.4, 0.5) is 0 Å². The summed E-state index contributed by atoms with van der Waals surface area (Å²) in [6, 6.07) is -6.23. The predicted molar refractivity (Wildman–Crippen MR) is 109 cm³/mol. The quantitative estimate of drug-likeness (QED) is 0.0951. The van der Waals surface area contributed by atoms with Crippen molar-refractivity contribution >= 4 is 41.6 Å². The number of hydrogen-bond donors (Lipinski definition) is 9. The molecule has 0 aliphatic rings. The maximum atomic E-state index is 12.5. The van der Waals surface area contributed by atoms with Gasteiger partial charge in [-0.3, -0.25) is 28.8 Å². The van der Waals surface area contributed by atoms with E-state index in [1.54, 1.807) is 0 Å². The van der Waals surface area contributed by atoms with Crippen LogP contribution in [0.15, 0.2) is 0 Å². The molecule has 192 valence electrons. The van der Waals surface area contributed by atoms with Gasteiger partial charge in [0.15, 0.2) is 0 Å². The lowest BCUT2D eigenvalue weighted by Crippen LogP contribution is -2.58. The molecule has 4 atom stereocenters. The first-order valence-corrected chi connectivity index (χ1v) is 9.94. The van der Waals surface area contributed by atoms with Gasteiger partial charge in [-0.25, -0.2) is 4.79 Å². The first-order valence-electron chi connectivity index (χ1n) is 9.94. The highest BCUT2D eigenvalue weighted by molar-refractivity contribution is 5.94. The number of nitrogens with one attached hydrogen (secondary N) is 3. The van der Waals surface area contributed by atoms with Crippen LogP contribution in [-0.4, -0.2) is 97.9 Å². The molecule has 16 heteroatoms. The van der Waals surface area contributed by atoms with E-state index in [9.17, 15) is 38.7 Å². The van der Waals surface area contributed by atoms with Crippen LogP contribution >= 0.6 is 0 Å². The van der Waals surface area contributed by atoms with Crippen LogP contribution in [0, 0.1) is 0 Å². The number of carbonyl (C=O) groups excluding carboxylic acids is 3. The van der Waals surface area contributed by atoms with Gasteiger partial charge >= 0.3 is 23.9 Å². The molecule has 16 nitrogen and oxygen atoms in total. The van der Waals surface area contributed by atoms with E-state index in [-0.39, 0.29) is 6.42 Å². The van der Waals surface area contributed by atoms with Gasteiger partial charge in [0.1, 0.15) is 18.1 Å². The summed E-state index contributed by atoms with van der Waals surface area (Å²) in [5, 5.41) is 50.9. The van der Waals surface area contributed by atoms with Crippen molar-refractivity contribution in [2.24, 2.45) is 5.73 Å². The normalized spacial score (nSPS) is 14.1. The zero-order valence-corrected chi connectivity index (χ0v) is 17.9. The van der Waals surface area contributed by atoms with Gasteiger partial charge in [0.2, 0.25) is 17.7 Å². The van der Waals surface area contributed by atoms with Crippen molar-refractivity contribution in [1.29, 1.82) is 0 Å². The Labute approximate surface area is 192 Å². The van der Waals surface area contributed by atoms with Crippen LogP contribution in [0.5, 0.6) is 0 Å². The molecule has 0 bridgehead atoms. The molecule has 0 aromatic heterocycles. The number of hydrogen-bond acceptors (Lipinski definition) is 9. The summed E-state index contributed by atoms with van der Waals surface area (Å²) < 4.78 is 0. The largest absolute Gasteiger partial charge is 0.481 e. The topological polar surface area (TPSA) is 283 Å². The highest BCUT2D eigenvalue weighted by Crippen LogP contribution is 2.03. The van der Waals surface area contributed by atoms with E-state index in [1.807, 2.05) is 10.6 Å². The summed E-state index contributed by atoms with van der Waals surface area (Å²) in [5.41, 5.74) is 5.55. The second-order valence-electron chi connectivity index (χ2n) is 7.11. The minimum atomic E-state index is -1.72. The summed E-state index contributed by atoms with van der Waals surface area (Å²) in [4.78, 5) is 80.3. The SMILES string of the molecule is NC(CCC(=O)O)C(=O)NC(CCC(=O)O)C(=O)NC(CO)C(=O)NC(CCC(=O)O)C(=O)O. The molecule has 0 spiro atoms. The standard InChI is InChI=1S/C18H28N4O12/c19-8(1-4-12(24)25)15(30)20-9(2-5-13(26)27)16(31)22-11(7-23)17(32)21-10(18(33)34)3-6-14(28)29/h8-11,23H,1-7,19H2,(H,20,30)(H,21,32)(H,22,31)(H,24,25)(H,26,27)(H,28,29)(H,33,34). The summed E-state index contributed by atoms with van der Waals surface area (Å²) in [5.74, 6) is -8.64. The number of carboxylic acids is 4. The van der Waals surface area contributed by atoms with Crippen molar-refractivity contribution in [2.45, 2.75) is 62.7 Å². The Bertz CT molecular complexity index is 787. The van der Waals surface area contributed by atoms with Crippen LogP contribution in [0.3, 0.4) is 0 Å². The second kappa shape index (κ2) is 15.1. The predicted octanol–water partition coefficient (Wildman–Crippen LogP) is -3.56. The molecule has 4 unspecified atom stereocenters. The molecule has 0 saturated heterocycles. The number of carbonyl (C=O) groups is 7. The third-order valence-corrected chi connectivity index (χ3v) is 4.36. The molecule has 0 radical (unpaired) electrons. The van der Waals surface area contributed by atoms with Crippen molar-refractivity contribution in [3.8, 4) is 0 Å². The molecule has 0 heterocycles. The maximum absolute atomic E-state index is 12.5. The van der Waals surface area contributed by atoms with E-state index in [1.165, 1.54) is 0 Å². The zero-order valence-electron chi connectivity index (χ0n) is 17.9. The van der Waals surface area contributed by atoms with Gasteiger partial charge in [0, 0.05) is 19.3 Å². The number of aliphatic hydroxyl groups is 1. The molecule has 3 amide bonds. The summed E-state index contributed by atoms with van der Waals surface area (Å²) >= 11 is 0. The van der Waals surface area contributed by atoms with Crippen molar-refractivity contribution in [3.05, 3.63) is 0 Å². The number of carboxylic acid groups (broad SMARTS) is 4. The average molecular weight is 492 g/mol.